The summed E-state index contributed by atoms with van der Waals surface area (Å²) in [4.78, 5) is 26.2. The topological polar surface area (TPSA) is 74.6 Å². The van der Waals surface area contributed by atoms with Gasteiger partial charge < -0.3 is 15.0 Å². The normalized spacial score (nSPS) is 21.1. The Labute approximate surface area is 184 Å². The number of aryl methyl sites for hydroxylation is 1. The lowest BCUT2D eigenvalue weighted by molar-refractivity contribution is 0.103. The van der Waals surface area contributed by atoms with Crippen LogP contribution < -0.4 is 10.6 Å². The number of hydrogen-bond donors (Lipinski definition) is 2. The minimum absolute atomic E-state index is 0.120. The monoisotopic (exact) mass is 432 g/mol. The zero-order chi connectivity index (χ0) is 20.9. The smallest absolute Gasteiger partial charge is 0.265 e. The minimum Gasteiger partial charge on any atom is -0.366 e. The summed E-state index contributed by atoms with van der Waals surface area (Å²) < 4.78 is 1.92. The molecule has 6 rings (SSSR count). The maximum absolute atomic E-state index is 12.8. The summed E-state index contributed by atoms with van der Waals surface area (Å²) in [5.41, 5.74) is 2.55. The second-order valence-electron chi connectivity index (χ2n) is 8.59. The molecule has 0 saturated carbocycles. The Morgan fingerprint density at radius 2 is 2.13 bits per heavy atom. The molecule has 0 radical (unpaired) electrons. The van der Waals surface area contributed by atoms with Gasteiger partial charge in [-0.2, -0.15) is 0 Å². The average Bonchev–Trinajstić information content (AvgIpc) is 3.49. The van der Waals surface area contributed by atoms with Crippen molar-refractivity contribution in [2.45, 2.75) is 38.3 Å². The molecular formula is C23H24N6OS. The van der Waals surface area contributed by atoms with Crippen molar-refractivity contribution < 1.29 is 4.79 Å². The summed E-state index contributed by atoms with van der Waals surface area (Å²) >= 11 is 1.43. The summed E-state index contributed by atoms with van der Waals surface area (Å²) in [5, 5.41) is 7.59. The number of fused-ring (bicyclic) bond motifs is 3. The van der Waals surface area contributed by atoms with Gasteiger partial charge in [-0.25, -0.2) is 9.97 Å². The third-order valence-electron chi connectivity index (χ3n) is 6.30. The zero-order valence-corrected chi connectivity index (χ0v) is 18.2. The van der Waals surface area contributed by atoms with Gasteiger partial charge >= 0.3 is 0 Å². The minimum atomic E-state index is -0.120. The van der Waals surface area contributed by atoms with Gasteiger partial charge in [0.05, 0.1) is 16.3 Å². The Hall–Kier alpha value is -2.97. The predicted molar refractivity (Wildman–Crippen MR) is 124 cm³/mol. The first-order valence-electron chi connectivity index (χ1n) is 10.8. The Morgan fingerprint density at radius 3 is 3.03 bits per heavy atom. The van der Waals surface area contributed by atoms with Crippen molar-refractivity contribution in [3.8, 4) is 0 Å². The van der Waals surface area contributed by atoms with Gasteiger partial charge in [0, 0.05) is 36.4 Å². The average molecular weight is 433 g/mol. The van der Waals surface area contributed by atoms with E-state index in [1.807, 2.05) is 54.0 Å². The summed E-state index contributed by atoms with van der Waals surface area (Å²) in [6.45, 7) is 4.28. The second-order valence-corrected chi connectivity index (χ2v) is 9.62. The quantitative estimate of drug-likeness (QED) is 0.507. The van der Waals surface area contributed by atoms with Crippen LogP contribution in [0.5, 0.6) is 0 Å². The molecule has 31 heavy (non-hydrogen) atoms. The second kappa shape index (κ2) is 7.32. The fraction of sp³-hybridized carbons (Fsp3) is 0.348. The molecule has 8 heteroatoms. The lowest BCUT2D eigenvalue weighted by Gasteiger charge is -2.14. The molecule has 4 aromatic heterocycles. The van der Waals surface area contributed by atoms with E-state index in [1.165, 1.54) is 37.1 Å². The van der Waals surface area contributed by atoms with Crippen LogP contribution in [-0.2, 0) is 0 Å². The Kier molecular flexibility index (Phi) is 4.43. The molecule has 2 unspecified atom stereocenters. The molecule has 2 aliphatic heterocycles. The first kappa shape index (κ1) is 18.8. The molecular weight excluding hydrogens is 408 g/mol. The van der Waals surface area contributed by atoms with Crippen molar-refractivity contribution in [3.63, 3.8) is 0 Å². The molecule has 2 aliphatic rings. The molecule has 2 atom stereocenters. The van der Waals surface area contributed by atoms with E-state index in [0.29, 0.717) is 10.9 Å². The Bertz CT molecular complexity index is 1280. The van der Waals surface area contributed by atoms with Gasteiger partial charge in [0.2, 0.25) is 0 Å². The number of carbonyl (C=O) groups is 1. The molecule has 158 valence electrons. The first-order valence-corrected chi connectivity index (χ1v) is 11.6. The van der Waals surface area contributed by atoms with Gasteiger partial charge in [0.25, 0.3) is 5.91 Å². The highest BCUT2D eigenvalue weighted by Gasteiger charge is 2.35. The largest absolute Gasteiger partial charge is 0.366 e. The third-order valence-corrected chi connectivity index (χ3v) is 7.34. The fourth-order valence-electron chi connectivity index (χ4n) is 4.90. The standard InChI is InChI=1S/C23H24N6OS/c1-14-11-29-12-16(5-7-21(29)24-14)26-22(30)19-9-15-4-6-20(27-23(15)31-19)25-17-10-18-3-2-8-28(18)13-17/h4-7,9,11-12,17-18H,2-3,8,10,13H2,1H3,(H,25,27)(H,26,30). The number of thiophene rings is 1. The van der Waals surface area contributed by atoms with E-state index >= 15 is 0 Å². The van der Waals surface area contributed by atoms with Crippen LogP contribution in [0.1, 0.15) is 34.6 Å². The zero-order valence-electron chi connectivity index (χ0n) is 17.3. The summed E-state index contributed by atoms with van der Waals surface area (Å²) in [6.07, 6.45) is 7.67. The first-order chi connectivity index (χ1) is 15.1. The lowest BCUT2D eigenvalue weighted by atomic mass is 10.1. The lowest BCUT2D eigenvalue weighted by Crippen LogP contribution is -2.26. The van der Waals surface area contributed by atoms with Crippen LogP contribution >= 0.6 is 11.3 Å². The van der Waals surface area contributed by atoms with Crippen LogP contribution in [0.2, 0.25) is 0 Å². The maximum atomic E-state index is 12.8. The van der Waals surface area contributed by atoms with Gasteiger partial charge in [0.1, 0.15) is 16.3 Å². The third kappa shape index (κ3) is 3.55. The van der Waals surface area contributed by atoms with Crippen LogP contribution in [-0.4, -0.2) is 50.3 Å². The molecule has 1 amide bonds. The highest BCUT2D eigenvalue weighted by atomic mass is 32.1. The summed E-state index contributed by atoms with van der Waals surface area (Å²) in [6, 6.07) is 11.0. The van der Waals surface area contributed by atoms with Gasteiger partial charge in [-0.1, -0.05) is 0 Å². The van der Waals surface area contributed by atoms with Gasteiger partial charge in [0.15, 0.2) is 0 Å². The van der Waals surface area contributed by atoms with E-state index in [0.717, 1.165) is 45.6 Å². The number of imidazole rings is 1. The number of nitrogens with zero attached hydrogens (tertiary/aromatic N) is 4. The van der Waals surface area contributed by atoms with E-state index in [4.69, 9.17) is 4.98 Å². The molecule has 0 bridgehead atoms. The van der Waals surface area contributed by atoms with Crippen LogP contribution in [0.15, 0.2) is 42.7 Å². The summed E-state index contributed by atoms with van der Waals surface area (Å²) in [7, 11) is 0. The number of anilines is 2. The van der Waals surface area contributed by atoms with Gasteiger partial charge in [-0.05, 0) is 63.1 Å². The SMILES string of the molecule is Cc1cn2cc(NC(=O)c3cc4ccc(NC5CC6CCCN6C5)nc4s3)ccc2n1. The van der Waals surface area contributed by atoms with Crippen LogP contribution in [0, 0.1) is 6.92 Å². The van der Waals surface area contributed by atoms with Crippen LogP contribution in [0.25, 0.3) is 15.9 Å². The predicted octanol–water partition coefficient (Wildman–Crippen LogP) is 4.15. The Balaban J connectivity index is 1.18. The fourth-order valence-corrected chi connectivity index (χ4v) is 5.82. The molecule has 7 nitrogen and oxygen atoms in total. The van der Waals surface area contributed by atoms with E-state index < -0.39 is 0 Å². The number of pyridine rings is 2. The van der Waals surface area contributed by atoms with Crippen molar-refractivity contribution >= 4 is 44.6 Å². The van der Waals surface area contributed by atoms with E-state index in [9.17, 15) is 4.79 Å². The van der Waals surface area contributed by atoms with Crippen molar-refractivity contribution in [1.82, 2.24) is 19.3 Å². The highest BCUT2D eigenvalue weighted by molar-refractivity contribution is 7.20. The molecule has 0 aliphatic carbocycles. The van der Waals surface area contributed by atoms with Gasteiger partial charge in [-0.15, -0.1) is 11.3 Å². The number of hydrogen-bond acceptors (Lipinski definition) is 6. The van der Waals surface area contributed by atoms with Crippen molar-refractivity contribution in [1.29, 1.82) is 0 Å². The van der Waals surface area contributed by atoms with E-state index in [1.54, 1.807) is 0 Å². The van der Waals surface area contributed by atoms with Crippen LogP contribution in [0.3, 0.4) is 0 Å². The van der Waals surface area contributed by atoms with Gasteiger partial charge in [-0.3, -0.25) is 9.69 Å². The number of rotatable bonds is 4. The molecule has 6 heterocycles. The molecule has 2 N–H and O–H groups in total. The molecule has 0 spiro atoms. The number of amides is 1. The van der Waals surface area contributed by atoms with Crippen molar-refractivity contribution in [2.24, 2.45) is 0 Å². The number of carbonyl (C=O) groups excluding carboxylic acids is 1. The Morgan fingerprint density at radius 1 is 1.19 bits per heavy atom. The highest BCUT2D eigenvalue weighted by Crippen LogP contribution is 2.30. The molecule has 0 aromatic carbocycles. The van der Waals surface area contributed by atoms with E-state index in [-0.39, 0.29) is 5.91 Å². The number of aromatic nitrogens is 3. The molecule has 2 saturated heterocycles. The van der Waals surface area contributed by atoms with Crippen molar-refractivity contribution in [2.75, 3.05) is 23.7 Å². The molecule has 4 aromatic rings. The van der Waals surface area contributed by atoms with Crippen LogP contribution in [0.4, 0.5) is 11.5 Å². The summed E-state index contributed by atoms with van der Waals surface area (Å²) in [5.74, 6) is 0.776. The maximum Gasteiger partial charge on any atom is 0.265 e. The van der Waals surface area contributed by atoms with Crippen molar-refractivity contribution in [3.05, 3.63) is 53.3 Å². The number of nitrogens with one attached hydrogen (secondary N) is 2. The molecule has 2 fully saturated rings. The van der Waals surface area contributed by atoms with E-state index in [2.05, 4.69) is 20.5 Å².